The minimum atomic E-state index is -0.0800. The van der Waals surface area contributed by atoms with E-state index in [0.29, 0.717) is 17.2 Å². The number of anilines is 1. The summed E-state index contributed by atoms with van der Waals surface area (Å²) in [7, 11) is 3.18. The van der Waals surface area contributed by atoms with E-state index >= 15 is 0 Å². The van der Waals surface area contributed by atoms with E-state index in [0.717, 1.165) is 32.7 Å². The van der Waals surface area contributed by atoms with Gasteiger partial charge in [0.15, 0.2) is 0 Å². The Morgan fingerprint density at radius 3 is 2.52 bits per heavy atom. The van der Waals surface area contributed by atoms with Crippen LogP contribution in [0.5, 0.6) is 11.5 Å². The minimum absolute atomic E-state index is 0.0800. The van der Waals surface area contributed by atoms with Crippen molar-refractivity contribution in [1.82, 2.24) is 9.80 Å². The fourth-order valence-corrected chi connectivity index (χ4v) is 2.65. The topological polar surface area (TPSA) is 54.0 Å². The molecule has 1 aromatic rings. The van der Waals surface area contributed by atoms with E-state index in [1.807, 2.05) is 4.90 Å². The van der Waals surface area contributed by atoms with Crippen molar-refractivity contribution in [1.29, 1.82) is 0 Å². The lowest BCUT2D eigenvalue weighted by molar-refractivity contribution is 0.146. The number of piperazine rings is 1. The minimum Gasteiger partial charge on any atom is -0.497 e. The fraction of sp³-hybridized carbons (Fsp3) is 0.588. The smallest absolute Gasteiger partial charge is 0.322 e. The number of methoxy groups -OCH3 is 2. The van der Waals surface area contributed by atoms with Gasteiger partial charge in [-0.2, -0.15) is 0 Å². The van der Waals surface area contributed by atoms with Crippen LogP contribution in [-0.4, -0.2) is 62.8 Å². The van der Waals surface area contributed by atoms with E-state index in [2.05, 4.69) is 17.1 Å². The fourth-order valence-electron chi connectivity index (χ4n) is 2.65. The van der Waals surface area contributed by atoms with Crippen molar-refractivity contribution in [2.24, 2.45) is 0 Å². The molecule has 0 saturated carbocycles. The number of urea groups is 1. The van der Waals surface area contributed by atoms with Gasteiger partial charge in [-0.25, -0.2) is 4.79 Å². The van der Waals surface area contributed by atoms with Gasteiger partial charge in [-0.1, -0.05) is 13.3 Å². The lowest BCUT2D eigenvalue weighted by atomic mass is 10.2. The van der Waals surface area contributed by atoms with Gasteiger partial charge >= 0.3 is 6.03 Å². The molecule has 128 valence electrons. The van der Waals surface area contributed by atoms with Gasteiger partial charge in [-0.15, -0.1) is 0 Å². The maximum absolute atomic E-state index is 12.4. The van der Waals surface area contributed by atoms with Gasteiger partial charge < -0.3 is 19.7 Å². The normalized spacial score (nSPS) is 15.3. The van der Waals surface area contributed by atoms with Crippen LogP contribution in [0.15, 0.2) is 18.2 Å². The van der Waals surface area contributed by atoms with Crippen molar-refractivity contribution >= 4 is 11.7 Å². The highest BCUT2D eigenvalue weighted by Crippen LogP contribution is 2.29. The second-order valence-electron chi connectivity index (χ2n) is 5.68. The summed E-state index contributed by atoms with van der Waals surface area (Å²) in [5.74, 6) is 1.30. The van der Waals surface area contributed by atoms with Crippen molar-refractivity contribution < 1.29 is 14.3 Å². The molecule has 2 amide bonds. The van der Waals surface area contributed by atoms with Crippen LogP contribution in [0, 0.1) is 0 Å². The first kappa shape index (κ1) is 17.4. The average Bonchev–Trinajstić information content (AvgIpc) is 2.60. The highest BCUT2D eigenvalue weighted by molar-refractivity contribution is 5.91. The lowest BCUT2D eigenvalue weighted by Gasteiger charge is -2.34. The molecule has 0 radical (unpaired) electrons. The Labute approximate surface area is 138 Å². The Bertz CT molecular complexity index is 514. The van der Waals surface area contributed by atoms with Gasteiger partial charge in [0.05, 0.1) is 19.9 Å². The number of amides is 2. The number of nitrogens with one attached hydrogen (secondary N) is 1. The molecule has 1 aromatic carbocycles. The quantitative estimate of drug-likeness (QED) is 0.875. The summed E-state index contributed by atoms with van der Waals surface area (Å²) in [6.07, 6.45) is 2.42. The number of hydrogen-bond donors (Lipinski definition) is 1. The van der Waals surface area contributed by atoms with Gasteiger partial charge in [-0.05, 0) is 25.1 Å². The molecule has 2 rings (SSSR count). The Morgan fingerprint density at radius 1 is 1.17 bits per heavy atom. The SMILES string of the molecule is CCCCN1CCN(C(=O)Nc2ccc(OC)cc2OC)CC1. The zero-order valence-corrected chi connectivity index (χ0v) is 14.3. The number of ether oxygens (including phenoxy) is 2. The highest BCUT2D eigenvalue weighted by atomic mass is 16.5. The summed E-state index contributed by atoms with van der Waals surface area (Å²) < 4.78 is 10.5. The summed E-state index contributed by atoms with van der Waals surface area (Å²) >= 11 is 0. The highest BCUT2D eigenvalue weighted by Gasteiger charge is 2.21. The number of unbranched alkanes of at least 4 members (excludes halogenated alkanes) is 1. The molecule has 0 atom stereocenters. The summed E-state index contributed by atoms with van der Waals surface area (Å²) in [6.45, 7) is 6.71. The molecule has 0 spiro atoms. The summed E-state index contributed by atoms with van der Waals surface area (Å²) in [5, 5.41) is 2.93. The van der Waals surface area contributed by atoms with Gasteiger partial charge in [0.1, 0.15) is 11.5 Å². The predicted octanol–water partition coefficient (Wildman–Crippen LogP) is 2.65. The molecule has 0 bridgehead atoms. The van der Waals surface area contributed by atoms with Gasteiger partial charge in [0.25, 0.3) is 0 Å². The first-order chi connectivity index (χ1) is 11.2. The predicted molar refractivity (Wildman–Crippen MR) is 91.5 cm³/mol. The van der Waals surface area contributed by atoms with Crippen molar-refractivity contribution in [2.45, 2.75) is 19.8 Å². The van der Waals surface area contributed by atoms with Crippen LogP contribution in [0.2, 0.25) is 0 Å². The van der Waals surface area contributed by atoms with Crippen LogP contribution in [0.1, 0.15) is 19.8 Å². The molecule has 0 unspecified atom stereocenters. The Kier molecular flexibility index (Phi) is 6.52. The van der Waals surface area contributed by atoms with Gasteiger partial charge in [0, 0.05) is 32.2 Å². The van der Waals surface area contributed by atoms with E-state index < -0.39 is 0 Å². The summed E-state index contributed by atoms with van der Waals surface area (Å²) in [6, 6.07) is 5.29. The first-order valence-corrected chi connectivity index (χ1v) is 8.18. The van der Waals surface area contributed by atoms with Crippen molar-refractivity contribution in [3.63, 3.8) is 0 Å². The molecule has 1 fully saturated rings. The first-order valence-electron chi connectivity index (χ1n) is 8.18. The second kappa shape index (κ2) is 8.62. The third kappa shape index (κ3) is 4.76. The third-order valence-corrected chi connectivity index (χ3v) is 4.14. The standard InChI is InChI=1S/C17H27N3O3/c1-4-5-8-19-9-11-20(12-10-19)17(21)18-15-7-6-14(22-2)13-16(15)23-3/h6-7,13H,4-5,8-12H2,1-3H3,(H,18,21). The number of hydrogen-bond acceptors (Lipinski definition) is 4. The third-order valence-electron chi connectivity index (χ3n) is 4.14. The van der Waals surface area contributed by atoms with Gasteiger partial charge in [0.2, 0.25) is 0 Å². The molecule has 0 aromatic heterocycles. The molecule has 1 heterocycles. The lowest BCUT2D eigenvalue weighted by Crippen LogP contribution is -2.50. The van der Waals surface area contributed by atoms with Crippen LogP contribution in [0.3, 0.4) is 0 Å². The monoisotopic (exact) mass is 321 g/mol. The number of carbonyl (C=O) groups is 1. The molecular weight excluding hydrogens is 294 g/mol. The Balaban J connectivity index is 1.90. The second-order valence-corrected chi connectivity index (χ2v) is 5.68. The van der Waals surface area contributed by atoms with E-state index in [1.165, 1.54) is 12.8 Å². The zero-order chi connectivity index (χ0) is 16.7. The molecule has 0 aliphatic carbocycles. The summed E-state index contributed by atoms with van der Waals surface area (Å²) in [4.78, 5) is 16.7. The number of nitrogens with zero attached hydrogens (tertiary/aromatic N) is 2. The van der Waals surface area contributed by atoms with Crippen LogP contribution < -0.4 is 14.8 Å². The van der Waals surface area contributed by atoms with Crippen LogP contribution >= 0.6 is 0 Å². The largest absolute Gasteiger partial charge is 0.497 e. The van der Waals surface area contributed by atoms with E-state index in [-0.39, 0.29) is 6.03 Å². The van der Waals surface area contributed by atoms with E-state index in [9.17, 15) is 4.79 Å². The average molecular weight is 321 g/mol. The van der Waals surface area contributed by atoms with E-state index in [4.69, 9.17) is 9.47 Å². The molecule has 1 N–H and O–H groups in total. The summed E-state index contributed by atoms with van der Waals surface area (Å²) in [5.41, 5.74) is 0.659. The molecule has 6 nitrogen and oxygen atoms in total. The van der Waals surface area contributed by atoms with E-state index in [1.54, 1.807) is 32.4 Å². The van der Waals surface area contributed by atoms with Crippen LogP contribution in [0.4, 0.5) is 10.5 Å². The molecule has 6 heteroatoms. The Morgan fingerprint density at radius 2 is 1.91 bits per heavy atom. The number of rotatable bonds is 6. The molecule has 1 aliphatic heterocycles. The van der Waals surface area contributed by atoms with Gasteiger partial charge in [-0.3, -0.25) is 4.90 Å². The van der Waals surface area contributed by atoms with Crippen LogP contribution in [0.25, 0.3) is 0 Å². The number of carbonyl (C=O) groups excluding carboxylic acids is 1. The molecule has 1 aliphatic rings. The molecular formula is C17H27N3O3. The Hall–Kier alpha value is -1.95. The maximum Gasteiger partial charge on any atom is 0.322 e. The van der Waals surface area contributed by atoms with Crippen molar-refractivity contribution in [2.75, 3.05) is 52.3 Å². The maximum atomic E-state index is 12.4. The zero-order valence-electron chi connectivity index (χ0n) is 14.3. The number of benzene rings is 1. The van der Waals surface area contributed by atoms with Crippen molar-refractivity contribution in [3.8, 4) is 11.5 Å². The van der Waals surface area contributed by atoms with Crippen molar-refractivity contribution in [3.05, 3.63) is 18.2 Å². The molecule has 1 saturated heterocycles. The molecule has 23 heavy (non-hydrogen) atoms. The van der Waals surface area contributed by atoms with Crippen LogP contribution in [-0.2, 0) is 0 Å².